The van der Waals surface area contributed by atoms with E-state index in [2.05, 4.69) is 4.98 Å². The molecule has 0 amide bonds. The van der Waals surface area contributed by atoms with Crippen molar-refractivity contribution >= 4 is 23.0 Å². The molecule has 0 radical (unpaired) electrons. The van der Waals surface area contributed by atoms with Crippen molar-refractivity contribution in [1.29, 1.82) is 0 Å². The number of pyridine rings is 1. The molecule has 1 aromatic heterocycles. The fourth-order valence-electron chi connectivity index (χ4n) is 0.862. The maximum absolute atomic E-state index is 13.0. The Kier molecular flexibility index (Phi) is 4.32. The van der Waals surface area contributed by atoms with E-state index in [1.165, 1.54) is 24.9 Å². The van der Waals surface area contributed by atoms with Crippen LogP contribution in [0.25, 0.3) is 6.08 Å². The molecule has 0 aromatic carbocycles. The summed E-state index contributed by atoms with van der Waals surface area (Å²) < 4.78 is 13.0. The van der Waals surface area contributed by atoms with Crippen LogP contribution >= 0.6 is 11.8 Å². The molecule has 4 heteroatoms. The van der Waals surface area contributed by atoms with Gasteiger partial charge in [0.25, 0.3) is 0 Å². The molecular formula is C10H10FNOS. The Labute approximate surface area is 86.2 Å². The second-order valence-corrected chi connectivity index (χ2v) is 3.80. The molecule has 0 fully saturated rings. The molecule has 1 rings (SSSR count). The lowest BCUT2D eigenvalue weighted by Gasteiger charge is -1.94. The topological polar surface area (TPSA) is 30.0 Å². The maximum atomic E-state index is 13.0. The average molecular weight is 211 g/mol. The summed E-state index contributed by atoms with van der Waals surface area (Å²) in [6.07, 6.45) is 6.09. The molecular weight excluding hydrogens is 201 g/mol. The van der Waals surface area contributed by atoms with E-state index in [0.717, 1.165) is 6.20 Å². The third-order valence-electron chi connectivity index (χ3n) is 1.48. The first-order valence-electron chi connectivity index (χ1n) is 4.09. The van der Waals surface area contributed by atoms with Crippen LogP contribution in [0.2, 0.25) is 0 Å². The molecule has 0 saturated carbocycles. The molecule has 0 bridgehead atoms. The van der Waals surface area contributed by atoms with Gasteiger partial charge in [-0.1, -0.05) is 23.9 Å². The van der Waals surface area contributed by atoms with Crippen LogP contribution < -0.4 is 0 Å². The van der Waals surface area contributed by atoms with Gasteiger partial charge in [-0.15, -0.1) is 0 Å². The maximum Gasteiger partial charge on any atom is 0.186 e. The molecule has 0 aliphatic heterocycles. The molecule has 14 heavy (non-hydrogen) atoms. The van der Waals surface area contributed by atoms with E-state index in [0.29, 0.717) is 11.3 Å². The third-order valence-corrected chi connectivity index (χ3v) is 2.25. The quantitative estimate of drug-likeness (QED) is 0.769. The first-order chi connectivity index (χ1) is 6.70. The van der Waals surface area contributed by atoms with Crippen molar-refractivity contribution in [3.05, 3.63) is 35.9 Å². The number of aromatic nitrogens is 1. The highest BCUT2D eigenvalue weighted by Gasteiger charge is 1.95. The van der Waals surface area contributed by atoms with Crippen LogP contribution in [0, 0.1) is 5.82 Å². The Morgan fingerprint density at radius 3 is 3.14 bits per heavy atom. The van der Waals surface area contributed by atoms with E-state index in [1.54, 1.807) is 18.2 Å². The fourth-order valence-corrected chi connectivity index (χ4v) is 1.29. The van der Waals surface area contributed by atoms with E-state index in [-0.39, 0.29) is 10.9 Å². The van der Waals surface area contributed by atoms with Crippen molar-refractivity contribution in [3.63, 3.8) is 0 Å². The zero-order valence-electron chi connectivity index (χ0n) is 7.74. The van der Waals surface area contributed by atoms with Gasteiger partial charge in [0.05, 0.1) is 6.20 Å². The van der Waals surface area contributed by atoms with Crippen LogP contribution in [0.5, 0.6) is 0 Å². The van der Waals surface area contributed by atoms with Crippen LogP contribution in [0.3, 0.4) is 0 Å². The Morgan fingerprint density at radius 2 is 2.50 bits per heavy atom. The Morgan fingerprint density at radius 1 is 1.71 bits per heavy atom. The molecule has 0 aliphatic carbocycles. The first kappa shape index (κ1) is 10.9. The molecule has 74 valence electrons. The van der Waals surface area contributed by atoms with Gasteiger partial charge in [-0.2, -0.15) is 0 Å². The minimum atomic E-state index is -0.350. The Balaban J connectivity index is 2.52. The average Bonchev–Trinajstić information content (AvgIpc) is 2.15. The number of thioether (sulfide) groups is 1. The lowest BCUT2D eigenvalue weighted by Crippen LogP contribution is -1.84. The second kappa shape index (κ2) is 5.54. The lowest BCUT2D eigenvalue weighted by atomic mass is 10.2. The molecule has 1 heterocycles. The lowest BCUT2D eigenvalue weighted by molar-refractivity contribution is -0.109. The molecule has 2 nitrogen and oxygen atoms in total. The van der Waals surface area contributed by atoms with Gasteiger partial charge in [-0.3, -0.25) is 9.78 Å². The molecule has 1 aromatic rings. The molecule has 0 aliphatic rings. The van der Waals surface area contributed by atoms with E-state index in [9.17, 15) is 9.18 Å². The van der Waals surface area contributed by atoms with Crippen molar-refractivity contribution in [2.75, 3.05) is 5.75 Å². The number of hydrogen-bond donors (Lipinski definition) is 0. The van der Waals surface area contributed by atoms with E-state index >= 15 is 0 Å². The van der Waals surface area contributed by atoms with E-state index in [1.807, 2.05) is 0 Å². The number of rotatable bonds is 3. The van der Waals surface area contributed by atoms with Gasteiger partial charge in [0.15, 0.2) is 5.12 Å². The van der Waals surface area contributed by atoms with Crippen molar-refractivity contribution in [2.24, 2.45) is 0 Å². The van der Waals surface area contributed by atoms with Crippen LogP contribution in [0.4, 0.5) is 4.39 Å². The minimum Gasteiger partial charge on any atom is -0.288 e. The van der Waals surface area contributed by atoms with Crippen LogP contribution in [0.15, 0.2) is 24.5 Å². The zero-order chi connectivity index (χ0) is 10.4. The SMILES string of the molecule is CC(=O)SCC=Cc1ccncc1F. The molecule has 0 spiro atoms. The summed E-state index contributed by atoms with van der Waals surface area (Å²) >= 11 is 1.19. The number of nitrogens with zero attached hydrogens (tertiary/aromatic N) is 1. The first-order valence-corrected chi connectivity index (χ1v) is 5.08. The van der Waals surface area contributed by atoms with Crippen molar-refractivity contribution in [2.45, 2.75) is 6.92 Å². The highest BCUT2D eigenvalue weighted by Crippen LogP contribution is 2.08. The van der Waals surface area contributed by atoms with Crippen molar-refractivity contribution in [1.82, 2.24) is 4.98 Å². The number of halogens is 1. The second-order valence-electron chi connectivity index (χ2n) is 2.60. The van der Waals surface area contributed by atoms with E-state index < -0.39 is 0 Å². The number of carbonyl (C=O) groups is 1. The van der Waals surface area contributed by atoms with Crippen molar-refractivity contribution in [3.8, 4) is 0 Å². The summed E-state index contributed by atoms with van der Waals surface area (Å²) in [5, 5.41) is 0.0600. The van der Waals surface area contributed by atoms with Crippen LogP contribution in [-0.2, 0) is 4.79 Å². The van der Waals surface area contributed by atoms with E-state index in [4.69, 9.17) is 0 Å². The van der Waals surface area contributed by atoms with Gasteiger partial charge in [-0.25, -0.2) is 4.39 Å². The summed E-state index contributed by atoms with van der Waals surface area (Å²) in [4.78, 5) is 14.2. The van der Waals surface area contributed by atoms with Crippen LogP contribution in [-0.4, -0.2) is 15.9 Å². The predicted octanol–water partition coefficient (Wildman–Crippen LogP) is 2.51. The molecule has 0 unspecified atom stereocenters. The van der Waals surface area contributed by atoms with Gasteiger partial charge in [-0.05, 0) is 6.07 Å². The number of carbonyl (C=O) groups excluding carboxylic acids is 1. The predicted molar refractivity (Wildman–Crippen MR) is 56.4 cm³/mol. The van der Waals surface area contributed by atoms with Gasteiger partial charge in [0.2, 0.25) is 0 Å². The Hall–Kier alpha value is -1.16. The largest absolute Gasteiger partial charge is 0.288 e. The summed E-state index contributed by atoms with van der Waals surface area (Å²) in [6, 6.07) is 1.59. The van der Waals surface area contributed by atoms with Gasteiger partial charge >= 0.3 is 0 Å². The summed E-state index contributed by atoms with van der Waals surface area (Å²) in [6.45, 7) is 1.51. The fraction of sp³-hybridized carbons (Fsp3) is 0.200. The smallest absolute Gasteiger partial charge is 0.186 e. The monoisotopic (exact) mass is 211 g/mol. The molecule has 0 N–H and O–H groups in total. The molecule has 0 saturated heterocycles. The van der Waals surface area contributed by atoms with Crippen molar-refractivity contribution < 1.29 is 9.18 Å². The highest BCUT2D eigenvalue weighted by atomic mass is 32.2. The zero-order valence-corrected chi connectivity index (χ0v) is 8.55. The minimum absolute atomic E-state index is 0.0600. The molecule has 0 atom stereocenters. The summed E-state index contributed by atoms with van der Waals surface area (Å²) in [5.74, 6) is 0.216. The van der Waals surface area contributed by atoms with Gasteiger partial charge in [0.1, 0.15) is 5.82 Å². The van der Waals surface area contributed by atoms with Gasteiger partial charge < -0.3 is 0 Å². The standard InChI is InChI=1S/C10H10FNOS/c1-8(13)14-6-2-3-9-4-5-12-7-10(9)11/h2-5,7H,6H2,1H3. The van der Waals surface area contributed by atoms with Crippen LogP contribution in [0.1, 0.15) is 12.5 Å². The number of hydrogen-bond acceptors (Lipinski definition) is 3. The summed E-state index contributed by atoms with van der Waals surface area (Å²) in [5.41, 5.74) is 0.490. The van der Waals surface area contributed by atoms with Gasteiger partial charge in [0, 0.05) is 24.4 Å². The Bertz CT molecular complexity index is 352. The summed E-state index contributed by atoms with van der Waals surface area (Å²) in [7, 11) is 0. The highest BCUT2D eigenvalue weighted by molar-refractivity contribution is 8.13. The normalized spacial score (nSPS) is 10.7. The third kappa shape index (κ3) is 3.70.